The highest BCUT2D eigenvalue weighted by atomic mass is 16.6. The predicted molar refractivity (Wildman–Crippen MR) is 74.0 cm³/mol. The Kier molecular flexibility index (Phi) is 4.10. The van der Waals surface area contributed by atoms with Gasteiger partial charge in [0.2, 0.25) is 0 Å². The summed E-state index contributed by atoms with van der Waals surface area (Å²) in [6.07, 6.45) is 0.553. The Balaban J connectivity index is 2.14. The minimum Gasteiger partial charge on any atom is -0.488 e. The second-order valence-electron chi connectivity index (χ2n) is 4.37. The third-order valence-corrected chi connectivity index (χ3v) is 2.85. The lowest BCUT2D eigenvalue weighted by atomic mass is 10.1. The number of rotatable bonds is 5. The van der Waals surface area contributed by atoms with Crippen molar-refractivity contribution in [3.63, 3.8) is 0 Å². The average molecular weight is 271 g/mol. The van der Waals surface area contributed by atoms with Crippen molar-refractivity contribution >= 4 is 12.0 Å². The van der Waals surface area contributed by atoms with Crippen LogP contribution in [0.15, 0.2) is 42.5 Å². The van der Waals surface area contributed by atoms with Gasteiger partial charge in [-0.15, -0.1) is 0 Å². The van der Waals surface area contributed by atoms with Crippen molar-refractivity contribution < 1.29 is 14.5 Å². The summed E-state index contributed by atoms with van der Waals surface area (Å²) in [5.41, 5.74) is 2.16. The Morgan fingerprint density at radius 2 is 1.90 bits per heavy atom. The number of benzene rings is 2. The molecule has 0 aliphatic heterocycles. The molecule has 0 spiro atoms. The summed E-state index contributed by atoms with van der Waals surface area (Å²) in [6.45, 7) is 2.30. The number of hydrogen-bond donors (Lipinski definition) is 0. The number of ether oxygens (including phenoxy) is 1. The quantitative estimate of drug-likeness (QED) is 0.475. The molecule has 0 aliphatic carbocycles. The first-order chi connectivity index (χ1) is 9.60. The molecule has 0 aliphatic rings. The number of nitrogens with zero attached hydrogens (tertiary/aromatic N) is 1. The predicted octanol–water partition coefficient (Wildman–Crippen LogP) is 3.29. The number of carbonyl (C=O) groups is 1. The monoisotopic (exact) mass is 271 g/mol. The van der Waals surface area contributed by atoms with Crippen molar-refractivity contribution in [2.75, 3.05) is 0 Å². The fourth-order valence-corrected chi connectivity index (χ4v) is 1.72. The normalized spacial score (nSPS) is 10.1. The van der Waals surface area contributed by atoms with Gasteiger partial charge in [-0.25, -0.2) is 0 Å². The molecular weight excluding hydrogens is 258 g/mol. The summed E-state index contributed by atoms with van der Waals surface area (Å²) < 4.78 is 5.53. The second kappa shape index (κ2) is 5.97. The van der Waals surface area contributed by atoms with E-state index in [2.05, 4.69) is 0 Å². The van der Waals surface area contributed by atoms with E-state index in [9.17, 15) is 14.9 Å². The Hall–Kier alpha value is -2.69. The van der Waals surface area contributed by atoms with E-state index < -0.39 is 4.92 Å². The third-order valence-electron chi connectivity index (χ3n) is 2.85. The molecule has 0 saturated carbocycles. The van der Waals surface area contributed by atoms with Crippen LogP contribution in [0.25, 0.3) is 0 Å². The van der Waals surface area contributed by atoms with Crippen LogP contribution in [0.4, 0.5) is 5.69 Å². The van der Waals surface area contributed by atoms with Crippen LogP contribution in [0, 0.1) is 17.0 Å². The molecule has 102 valence electrons. The van der Waals surface area contributed by atoms with Gasteiger partial charge in [-0.1, -0.05) is 29.8 Å². The number of aldehydes is 1. The maximum absolute atomic E-state index is 11.0. The molecule has 20 heavy (non-hydrogen) atoms. The molecule has 0 heterocycles. The average Bonchev–Trinajstić information content (AvgIpc) is 2.46. The standard InChI is InChI=1S/C15H13NO4/c1-11-2-4-12(5-3-11)10-20-15-7-6-14(16(18)19)8-13(15)9-17/h2-9H,10H2,1H3. The molecule has 0 N–H and O–H groups in total. The zero-order valence-electron chi connectivity index (χ0n) is 10.9. The van der Waals surface area contributed by atoms with Crippen LogP contribution in [-0.2, 0) is 6.61 Å². The molecule has 0 bridgehead atoms. The topological polar surface area (TPSA) is 69.4 Å². The summed E-state index contributed by atoms with van der Waals surface area (Å²) in [5, 5.41) is 10.6. The lowest BCUT2D eigenvalue weighted by molar-refractivity contribution is -0.384. The van der Waals surface area contributed by atoms with Crippen LogP contribution in [0.3, 0.4) is 0 Å². The van der Waals surface area contributed by atoms with Crippen molar-refractivity contribution in [2.45, 2.75) is 13.5 Å². The number of non-ortho nitro benzene ring substituents is 1. The Morgan fingerprint density at radius 3 is 2.50 bits per heavy atom. The van der Waals surface area contributed by atoms with Crippen molar-refractivity contribution in [3.05, 3.63) is 69.3 Å². The highest BCUT2D eigenvalue weighted by molar-refractivity contribution is 5.80. The molecule has 0 aromatic heterocycles. The van der Waals surface area contributed by atoms with E-state index in [1.165, 1.54) is 18.2 Å². The van der Waals surface area contributed by atoms with Gasteiger partial charge < -0.3 is 4.74 Å². The molecule has 2 aromatic rings. The largest absolute Gasteiger partial charge is 0.488 e. The zero-order chi connectivity index (χ0) is 14.5. The van der Waals surface area contributed by atoms with Gasteiger partial charge in [-0.3, -0.25) is 14.9 Å². The van der Waals surface area contributed by atoms with Crippen LogP contribution in [0.1, 0.15) is 21.5 Å². The number of hydrogen-bond acceptors (Lipinski definition) is 4. The second-order valence-corrected chi connectivity index (χ2v) is 4.37. The summed E-state index contributed by atoms with van der Waals surface area (Å²) >= 11 is 0. The molecule has 0 saturated heterocycles. The van der Waals surface area contributed by atoms with Gasteiger partial charge in [-0.2, -0.15) is 0 Å². The van der Waals surface area contributed by atoms with Crippen LogP contribution < -0.4 is 4.74 Å². The summed E-state index contributed by atoms with van der Waals surface area (Å²) in [6, 6.07) is 11.8. The number of carbonyl (C=O) groups excluding carboxylic acids is 1. The molecule has 0 atom stereocenters. The highest BCUT2D eigenvalue weighted by Crippen LogP contribution is 2.23. The lowest BCUT2D eigenvalue weighted by Gasteiger charge is -2.08. The van der Waals surface area contributed by atoms with Gasteiger partial charge in [0.1, 0.15) is 12.4 Å². The Labute approximate surface area is 116 Å². The molecule has 5 heteroatoms. The Bertz CT molecular complexity index is 635. The first-order valence-corrected chi connectivity index (χ1v) is 6.02. The first kappa shape index (κ1) is 13.7. The highest BCUT2D eigenvalue weighted by Gasteiger charge is 2.11. The molecule has 0 unspecified atom stereocenters. The molecule has 2 rings (SSSR count). The van der Waals surface area contributed by atoms with Gasteiger partial charge in [0.25, 0.3) is 5.69 Å². The summed E-state index contributed by atoms with van der Waals surface area (Å²) in [5.74, 6) is 0.339. The van der Waals surface area contributed by atoms with Crippen molar-refractivity contribution in [3.8, 4) is 5.75 Å². The van der Waals surface area contributed by atoms with Crippen LogP contribution in [-0.4, -0.2) is 11.2 Å². The van der Waals surface area contributed by atoms with E-state index in [1.807, 2.05) is 31.2 Å². The van der Waals surface area contributed by atoms with Crippen LogP contribution in [0.5, 0.6) is 5.75 Å². The molecule has 5 nitrogen and oxygen atoms in total. The molecule has 2 aromatic carbocycles. The summed E-state index contributed by atoms with van der Waals surface area (Å²) in [4.78, 5) is 21.1. The van der Waals surface area contributed by atoms with Gasteiger partial charge in [-0.05, 0) is 18.6 Å². The van der Waals surface area contributed by atoms with E-state index in [0.29, 0.717) is 18.6 Å². The van der Waals surface area contributed by atoms with E-state index in [1.54, 1.807) is 0 Å². The van der Waals surface area contributed by atoms with Gasteiger partial charge >= 0.3 is 0 Å². The van der Waals surface area contributed by atoms with E-state index in [4.69, 9.17) is 4.74 Å². The smallest absolute Gasteiger partial charge is 0.270 e. The van der Waals surface area contributed by atoms with Crippen LogP contribution >= 0.6 is 0 Å². The number of nitro groups is 1. The van der Waals surface area contributed by atoms with Crippen LogP contribution in [0.2, 0.25) is 0 Å². The van der Waals surface area contributed by atoms with E-state index in [-0.39, 0.29) is 11.3 Å². The third kappa shape index (κ3) is 3.20. The minimum absolute atomic E-state index is 0.130. The first-order valence-electron chi connectivity index (χ1n) is 6.02. The molecule has 0 fully saturated rings. The Morgan fingerprint density at radius 1 is 1.20 bits per heavy atom. The SMILES string of the molecule is Cc1ccc(COc2ccc([N+](=O)[O-])cc2C=O)cc1. The number of nitro benzene ring substituents is 1. The van der Waals surface area contributed by atoms with Crippen molar-refractivity contribution in [1.29, 1.82) is 0 Å². The fourth-order valence-electron chi connectivity index (χ4n) is 1.72. The van der Waals surface area contributed by atoms with Gasteiger partial charge in [0.15, 0.2) is 6.29 Å². The fraction of sp³-hybridized carbons (Fsp3) is 0.133. The maximum Gasteiger partial charge on any atom is 0.270 e. The maximum atomic E-state index is 11.0. The van der Waals surface area contributed by atoms with E-state index in [0.717, 1.165) is 11.1 Å². The molecular formula is C15H13NO4. The molecule has 0 radical (unpaired) electrons. The lowest BCUT2D eigenvalue weighted by Crippen LogP contribution is -1.99. The van der Waals surface area contributed by atoms with E-state index >= 15 is 0 Å². The summed E-state index contributed by atoms with van der Waals surface area (Å²) in [7, 11) is 0. The van der Waals surface area contributed by atoms with Crippen molar-refractivity contribution in [2.24, 2.45) is 0 Å². The zero-order valence-corrected chi connectivity index (χ0v) is 10.9. The number of aryl methyl sites for hydroxylation is 1. The molecule has 0 amide bonds. The van der Waals surface area contributed by atoms with Crippen molar-refractivity contribution in [1.82, 2.24) is 0 Å². The minimum atomic E-state index is -0.545. The van der Waals surface area contributed by atoms with Gasteiger partial charge in [0, 0.05) is 12.1 Å². The van der Waals surface area contributed by atoms with Gasteiger partial charge in [0.05, 0.1) is 10.5 Å².